The van der Waals surface area contributed by atoms with Crippen LogP contribution in [-0.2, 0) is 16.2 Å². The van der Waals surface area contributed by atoms with E-state index in [-0.39, 0.29) is 10.8 Å². The lowest BCUT2D eigenvalue weighted by Gasteiger charge is -2.32. The van der Waals surface area contributed by atoms with E-state index in [2.05, 4.69) is 222 Å². The van der Waals surface area contributed by atoms with Crippen molar-refractivity contribution in [2.45, 2.75) is 50.9 Å². The third-order valence-corrected chi connectivity index (χ3v) is 13.3. The van der Waals surface area contributed by atoms with E-state index in [9.17, 15) is 0 Å². The lowest BCUT2D eigenvalue weighted by atomic mass is 9.70. The molecule has 3 aliphatic carbocycles. The predicted molar refractivity (Wildman–Crippen MR) is 239 cm³/mol. The number of benzene rings is 8. The fourth-order valence-electron chi connectivity index (χ4n) is 10.5. The highest BCUT2D eigenvalue weighted by Crippen LogP contribution is 2.63. The van der Waals surface area contributed by atoms with Crippen LogP contribution in [0.3, 0.4) is 0 Å². The zero-order valence-electron chi connectivity index (χ0n) is 33.3. The minimum Gasteiger partial charge on any atom is -0.310 e. The molecule has 0 amide bonds. The Kier molecular flexibility index (Phi) is 7.15. The highest BCUT2D eigenvalue weighted by atomic mass is 15.1. The Balaban J connectivity index is 1.12. The normalized spacial score (nSPS) is 14.7. The average Bonchev–Trinajstić information content (AvgIpc) is 3.79. The Bertz CT molecular complexity index is 2840. The van der Waals surface area contributed by atoms with Crippen molar-refractivity contribution in [3.05, 3.63) is 221 Å². The summed E-state index contributed by atoms with van der Waals surface area (Å²) in [4.78, 5) is 2.48. The Hall–Kier alpha value is -6.44. The van der Waals surface area contributed by atoms with Gasteiger partial charge in [-0.05, 0) is 125 Å². The van der Waals surface area contributed by atoms with Crippen molar-refractivity contribution in [3.63, 3.8) is 0 Å². The second-order valence-corrected chi connectivity index (χ2v) is 17.7. The van der Waals surface area contributed by atoms with Crippen LogP contribution in [0.4, 0.5) is 17.1 Å². The molecule has 274 valence electrons. The van der Waals surface area contributed by atoms with Crippen molar-refractivity contribution in [1.82, 2.24) is 0 Å². The van der Waals surface area contributed by atoms with Gasteiger partial charge in [-0.2, -0.15) is 0 Å². The first-order valence-corrected chi connectivity index (χ1v) is 20.3. The molecule has 0 atom stereocenters. The maximum atomic E-state index is 2.50. The molecule has 0 unspecified atom stereocenters. The van der Waals surface area contributed by atoms with Gasteiger partial charge in [-0.3, -0.25) is 0 Å². The molecule has 11 rings (SSSR count). The van der Waals surface area contributed by atoms with Crippen LogP contribution in [0.5, 0.6) is 0 Å². The molecule has 0 bridgehead atoms. The Morgan fingerprint density at radius 1 is 0.351 bits per heavy atom. The van der Waals surface area contributed by atoms with E-state index in [1.54, 1.807) is 0 Å². The third kappa shape index (κ3) is 4.75. The van der Waals surface area contributed by atoms with Crippen LogP contribution in [0.15, 0.2) is 182 Å². The van der Waals surface area contributed by atoms with Gasteiger partial charge in [0.15, 0.2) is 0 Å². The smallest absolute Gasteiger partial charge is 0.0726 e. The molecule has 8 aromatic carbocycles. The van der Waals surface area contributed by atoms with Crippen LogP contribution in [-0.4, -0.2) is 0 Å². The zero-order chi connectivity index (χ0) is 38.7. The van der Waals surface area contributed by atoms with Crippen molar-refractivity contribution in [1.29, 1.82) is 0 Å². The van der Waals surface area contributed by atoms with Crippen LogP contribution in [0.25, 0.3) is 44.5 Å². The summed E-state index contributed by atoms with van der Waals surface area (Å²) in [5.74, 6) is 0. The number of rotatable bonds is 4. The molecular formula is C56H45N. The molecule has 57 heavy (non-hydrogen) atoms. The van der Waals surface area contributed by atoms with E-state index < -0.39 is 5.41 Å². The molecule has 1 nitrogen and oxygen atoms in total. The first-order valence-electron chi connectivity index (χ1n) is 20.3. The summed E-state index contributed by atoms with van der Waals surface area (Å²) >= 11 is 0. The summed E-state index contributed by atoms with van der Waals surface area (Å²) in [5.41, 5.74) is 23.0. The lowest BCUT2D eigenvalue weighted by Crippen LogP contribution is -2.26. The van der Waals surface area contributed by atoms with Gasteiger partial charge in [-0.15, -0.1) is 0 Å². The van der Waals surface area contributed by atoms with Gasteiger partial charge in [0.1, 0.15) is 0 Å². The average molecular weight is 732 g/mol. The molecule has 3 aliphatic rings. The summed E-state index contributed by atoms with van der Waals surface area (Å²) < 4.78 is 0. The fraction of sp³-hybridized carbons (Fsp3) is 0.143. The van der Waals surface area contributed by atoms with Gasteiger partial charge in [0, 0.05) is 22.5 Å². The maximum absolute atomic E-state index is 2.50. The highest BCUT2D eigenvalue weighted by Gasteiger charge is 2.51. The zero-order valence-corrected chi connectivity index (χ0v) is 33.3. The molecule has 0 radical (unpaired) electrons. The van der Waals surface area contributed by atoms with E-state index in [1.807, 2.05) is 0 Å². The molecular weight excluding hydrogens is 687 g/mol. The van der Waals surface area contributed by atoms with Gasteiger partial charge in [-0.1, -0.05) is 180 Å². The van der Waals surface area contributed by atoms with E-state index in [0.717, 1.165) is 17.1 Å². The third-order valence-electron chi connectivity index (χ3n) is 13.3. The Labute approximate surface area is 336 Å². The van der Waals surface area contributed by atoms with Crippen molar-refractivity contribution in [3.8, 4) is 44.5 Å². The van der Waals surface area contributed by atoms with E-state index in [4.69, 9.17) is 0 Å². The second kappa shape index (κ2) is 12.0. The SMILES string of the molecule is CC(C)(C)c1ccc(-c2ccc(N(c3ccc4c(c3)C(C)(C)c3ccccc3-4)c3ccc4c(c3)C3(c5ccccc5-c5ccccc53)c3ccccc3-4)cc2)cc1. The van der Waals surface area contributed by atoms with Crippen molar-refractivity contribution in [2.24, 2.45) is 0 Å². The molecule has 0 saturated heterocycles. The maximum Gasteiger partial charge on any atom is 0.0726 e. The van der Waals surface area contributed by atoms with E-state index in [0.29, 0.717) is 0 Å². The highest BCUT2D eigenvalue weighted by molar-refractivity contribution is 5.96. The topological polar surface area (TPSA) is 3.24 Å². The minimum atomic E-state index is -0.411. The summed E-state index contributed by atoms with van der Waals surface area (Å²) in [6.45, 7) is 11.6. The first kappa shape index (κ1) is 33.9. The summed E-state index contributed by atoms with van der Waals surface area (Å²) in [6, 6.07) is 68.8. The molecule has 1 spiro atoms. The van der Waals surface area contributed by atoms with Gasteiger partial charge in [-0.25, -0.2) is 0 Å². The van der Waals surface area contributed by atoms with Gasteiger partial charge < -0.3 is 4.90 Å². The van der Waals surface area contributed by atoms with Crippen molar-refractivity contribution >= 4 is 17.1 Å². The van der Waals surface area contributed by atoms with Crippen molar-refractivity contribution in [2.75, 3.05) is 4.90 Å². The van der Waals surface area contributed by atoms with Gasteiger partial charge >= 0.3 is 0 Å². The van der Waals surface area contributed by atoms with Crippen LogP contribution < -0.4 is 4.90 Å². The van der Waals surface area contributed by atoms with E-state index >= 15 is 0 Å². The molecule has 0 heterocycles. The number of anilines is 3. The van der Waals surface area contributed by atoms with E-state index in [1.165, 1.54) is 83.5 Å². The van der Waals surface area contributed by atoms with Gasteiger partial charge in [0.05, 0.1) is 5.41 Å². The summed E-state index contributed by atoms with van der Waals surface area (Å²) in [7, 11) is 0. The second-order valence-electron chi connectivity index (χ2n) is 17.7. The standard InChI is InChI=1S/C56H45N/c1-54(2,3)38-26-22-36(23-27-38)37-24-28-39(29-25-37)57(40-30-32-46-42-14-6-10-18-48(42)55(4,5)52(46)34-40)41-31-33-47-45-17-9-13-21-51(45)56(53(47)35-41)49-19-11-7-15-43(49)44-16-8-12-20-50(44)56/h6-35H,1-5H3. The van der Waals surface area contributed by atoms with Gasteiger partial charge in [0.25, 0.3) is 0 Å². The van der Waals surface area contributed by atoms with Crippen LogP contribution in [0.1, 0.15) is 73.6 Å². The molecule has 0 aromatic heterocycles. The number of nitrogens with zero attached hydrogens (tertiary/aromatic N) is 1. The fourth-order valence-corrected chi connectivity index (χ4v) is 10.5. The quantitative estimate of drug-likeness (QED) is 0.174. The van der Waals surface area contributed by atoms with Crippen LogP contribution in [0, 0.1) is 0 Å². The summed E-state index contributed by atoms with van der Waals surface area (Å²) in [6.07, 6.45) is 0. The van der Waals surface area contributed by atoms with Crippen LogP contribution >= 0.6 is 0 Å². The predicted octanol–water partition coefficient (Wildman–Crippen LogP) is 14.8. The van der Waals surface area contributed by atoms with Crippen molar-refractivity contribution < 1.29 is 0 Å². The molecule has 0 N–H and O–H groups in total. The lowest BCUT2D eigenvalue weighted by molar-refractivity contribution is 0.590. The molecule has 1 heteroatoms. The number of hydrogen-bond acceptors (Lipinski definition) is 1. The number of hydrogen-bond donors (Lipinski definition) is 0. The molecule has 0 saturated carbocycles. The molecule has 0 aliphatic heterocycles. The minimum absolute atomic E-state index is 0.114. The first-order chi connectivity index (χ1) is 27.7. The Morgan fingerprint density at radius 2 is 0.719 bits per heavy atom. The number of fused-ring (bicyclic) bond motifs is 13. The monoisotopic (exact) mass is 731 g/mol. The Morgan fingerprint density at radius 3 is 1.21 bits per heavy atom. The molecule has 0 fully saturated rings. The van der Waals surface area contributed by atoms with Gasteiger partial charge in [0.2, 0.25) is 0 Å². The largest absolute Gasteiger partial charge is 0.310 e. The summed E-state index contributed by atoms with van der Waals surface area (Å²) in [5, 5.41) is 0. The van der Waals surface area contributed by atoms with Crippen LogP contribution in [0.2, 0.25) is 0 Å². The molecule has 8 aromatic rings.